The lowest BCUT2D eigenvalue weighted by Gasteiger charge is -2.10. The van der Waals surface area contributed by atoms with Gasteiger partial charge >= 0.3 is 5.97 Å². The van der Waals surface area contributed by atoms with Crippen LogP contribution in [0.15, 0.2) is 47.8 Å². The van der Waals surface area contributed by atoms with Crippen molar-refractivity contribution >= 4 is 51.4 Å². The molecule has 1 amide bonds. The average Bonchev–Trinajstić information content (AvgIpc) is 3.21. The molecule has 0 unspecified atom stereocenters. The van der Waals surface area contributed by atoms with Crippen LogP contribution in [0, 0.1) is 0 Å². The number of halogens is 2. The molecule has 3 rings (SSSR count). The van der Waals surface area contributed by atoms with E-state index in [1.807, 2.05) is 29.6 Å². The highest BCUT2D eigenvalue weighted by atomic mass is 35.5. The van der Waals surface area contributed by atoms with Gasteiger partial charge in [-0.05, 0) is 49.2 Å². The summed E-state index contributed by atoms with van der Waals surface area (Å²) in [6.07, 6.45) is 0.680. The van der Waals surface area contributed by atoms with Crippen molar-refractivity contribution in [1.29, 1.82) is 0 Å². The predicted molar refractivity (Wildman–Crippen MR) is 132 cm³/mol. The largest absolute Gasteiger partial charge is 0.497 e. The maximum absolute atomic E-state index is 12.7. The molecule has 6 nitrogen and oxygen atoms in total. The van der Waals surface area contributed by atoms with Gasteiger partial charge < -0.3 is 19.5 Å². The van der Waals surface area contributed by atoms with Crippen LogP contribution in [0.2, 0.25) is 10.0 Å². The number of esters is 1. The van der Waals surface area contributed by atoms with Crippen molar-refractivity contribution in [2.24, 2.45) is 0 Å². The second-order valence-corrected chi connectivity index (χ2v) is 8.60. The van der Waals surface area contributed by atoms with E-state index in [-0.39, 0.29) is 18.9 Å². The van der Waals surface area contributed by atoms with E-state index in [0.717, 1.165) is 5.56 Å². The third-order valence-electron chi connectivity index (χ3n) is 4.62. The number of methoxy groups -OCH3 is 1. The van der Waals surface area contributed by atoms with Crippen molar-refractivity contribution in [3.63, 3.8) is 0 Å². The Morgan fingerprint density at radius 1 is 1.09 bits per heavy atom. The van der Waals surface area contributed by atoms with Gasteiger partial charge in [0.2, 0.25) is 5.91 Å². The van der Waals surface area contributed by atoms with Crippen LogP contribution in [0.25, 0.3) is 11.1 Å². The first kappa shape index (κ1) is 24.9. The SMILES string of the molecule is CCOC(=O)c1c(-c2ccc(OC)cc2)csc1NC(=O)CCCOc1ccc(Cl)cc1Cl. The Morgan fingerprint density at radius 3 is 2.52 bits per heavy atom. The van der Waals surface area contributed by atoms with Crippen LogP contribution >= 0.6 is 34.5 Å². The molecule has 0 radical (unpaired) electrons. The molecule has 0 fully saturated rings. The first-order valence-electron chi connectivity index (χ1n) is 10.2. The summed E-state index contributed by atoms with van der Waals surface area (Å²) in [6.45, 7) is 2.28. The molecule has 2 aromatic carbocycles. The molecule has 3 aromatic rings. The highest BCUT2D eigenvalue weighted by molar-refractivity contribution is 7.15. The van der Waals surface area contributed by atoms with Crippen LogP contribution in [0.1, 0.15) is 30.1 Å². The van der Waals surface area contributed by atoms with E-state index in [9.17, 15) is 9.59 Å². The number of hydrogen-bond donors (Lipinski definition) is 1. The van der Waals surface area contributed by atoms with Crippen LogP contribution in [0.3, 0.4) is 0 Å². The number of amides is 1. The monoisotopic (exact) mass is 507 g/mol. The maximum Gasteiger partial charge on any atom is 0.341 e. The number of thiophene rings is 1. The van der Waals surface area contributed by atoms with E-state index >= 15 is 0 Å². The molecule has 9 heteroatoms. The van der Waals surface area contributed by atoms with E-state index < -0.39 is 5.97 Å². The highest BCUT2D eigenvalue weighted by Gasteiger charge is 2.22. The Hall–Kier alpha value is -2.74. The fraction of sp³-hybridized carbons (Fsp3) is 0.250. The van der Waals surface area contributed by atoms with Gasteiger partial charge in [0.05, 0.1) is 25.3 Å². The van der Waals surface area contributed by atoms with Crippen LogP contribution in [0.4, 0.5) is 5.00 Å². The van der Waals surface area contributed by atoms with Gasteiger partial charge in [0.25, 0.3) is 0 Å². The number of nitrogens with one attached hydrogen (secondary N) is 1. The first-order valence-corrected chi connectivity index (χ1v) is 11.9. The second kappa shape index (κ2) is 11.9. The van der Waals surface area contributed by atoms with Crippen molar-refractivity contribution in [3.8, 4) is 22.6 Å². The second-order valence-electron chi connectivity index (χ2n) is 6.88. The zero-order valence-corrected chi connectivity index (χ0v) is 20.5. The van der Waals surface area contributed by atoms with Crippen molar-refractivity contribution < 1.29 is 23.8 Å². The smallest absolute Gasteiger partial charge is 0.341 e. The third kappa shape index (κ3) is 6.63. The summed E-state index contributed by atoms with van der Waals surface area (Å²) in [5.74, 6) is 0.505. The number of anilines is 1. The molecule has 1 N–H and O–H groups in total. The molecule has 33 heavy (non-hydrogen) atoms. The van der Waals surface area contributed by atoms with Gasteiger partial charge in [-0.1, -0.05) is 35.3 Å². The Kier molecular flexibility index (Phi) is 9.00. The predicted octanol–water partition coefficient (Wildman–Crippen LogP) is 6.70. The highest BCUT2D eigenvalue weighted by Crippen LogP contribution is 2.37. The summed E-state index contributed by atoms with van der Waals surface area (Å²) in [6, 6.07) is 12.3. The number of carbonyl (C=O) groups excluding carboxylic acids is 2. The van der Waals surface area contributed by atoms with Crippen molar-refractivity contribution in [2.75, 3.05) is 25.6 Å². The Labute approximate surface area is 206 Å². The summed E-state index contributed by atoms with van der Waals surface area (Å²) >= 11 is 13.2. The van der Waals surface area contributed by atoms with Gasteiger partial charge in [-0.15, -0.1) is 11.3 Å². The van der Waals surface area contributed by atoms with Gasteiger partial charge in [-0.25, -0.2) is 4.79 Å². The molecule has 1 heterocycles. The summed E-state index contributed by atoms with van der Waals surface area (Å²) in [4.78, 5) is 25.2. The molecule has 0 aliphatic rings. The summed E-state index contributed by atoms with van der Waals surface area (Å²) in [5, 5.41) is 6.05. The number of ether oxygens (including phenoxy) is 3. The van der Waals surface area contributed by atoms with Crippen molar-refractivity contribution in [2.45, 2.75) is 19.8 Å². The molecular weight excluding hydrogens is 485 g/mol. The summed E-state index contributed by atoms with van der Waals surface area (Å²) in [5.41, 5.74) is 1.85. The summed E-state index contributed by atoms with van der Waals surface area (Å²) < 4.78 is 16.0. The molecule has 0 spiro atoms. The fourth-order valence-corrected chi connectivity index (χ4v) is 4.47. The minimum Gasteiger partial charge on any atom is -0.497 e. The topological polar surface area (TPSA) is 73.9 Å². The molecule has 1 aromatic heterocycles. The molecule has 0 saturated heterocycles. The van der Waals surface area contributed by atoms with E-state index in [1.54, 1.807) is 32.2 Å². The Morgan fingerprint density at radius 2 is 1.85 bits per heavy atom. The number of carbonyl (C=O) groups is 2. The van der Waals surface area contributed by atoms with Crippen LogP contribution in [0.5, 0.6) is 11.5 Å². The van der Waals surface area contributed by atoms with Crippen LogP contribution < -0.4 is 14.8 Å². The quantitative estimate of drug-likeness (QED) is 0.244. The number of rotatable bonds is 10. The maximum atomic E-state index is 12.7. The third-order valence-corrected chi connectivity index (χ3v) is 6.05. The van der Waals surface area contributed by atoms with Gasteiger partial charge in [-0.2, -0.15) is 0 Å². The van der Waals surface area contributed by atoms with Crippen molar-refractivity contribution in [3.05, 3.63) is 63.5 Å². The summed E-state index contributed by atoms with van der Waals surface area (Å²) in [7, 11) is 1.59. The lowest BCUT2D eigenvalue weighted by molar-refractivity contribution is -0.116. The molecule has 0 atom stereocenters. The normalized spacial score (nSPS) is 10.5. The minimum atomic E-state index is -0.486. The lowest BCUT2D eigenvalue weighted by atomic mass is 10.0. The van der Waals surface area contributed by atoms with Gasteiger partial charge in [0.1, 0.15) is 22.1 Å². The van der Waals surface area contributed by atoms with Gasteiger partial charge in [0, 0.05) is 22.4 Å². The lowest BCUT2D eigenvalue weighted by Crippen LogP contribution is -2.15. The van der Waals surface area contributed by atoms with Crippen LogP contribution in [-0.4, -0.2) is 32.2 Å². The molecule has 0 aliphatic carbocycles. The van der Waals surface area contributed by atoms with Gasteiger partial charge in [-0.3, -0.25) is 4.79 Å². The Balaban J connectivity index is 1.65. The molecule has 174 valence electrons. The van der Waals surface area contributed by atoms with Crippen LogP contribution in [-0.2, 0) is 9.53 Å². The molecule has 0 saturated carbocycles. The van der Waals surface area contributed by atoms with Gasteiger partial charge in [0.15, 0.2) is 0 Å². The minimum absolute atomic E-state index is 0.212. The number of benzene rings is 2. The van der Waals surface area contributed by atoms with E-state index in [1.165, 1.54) is 11.3 Å². The standard InChI is InChI=1S/C24H23Cl2NO5S/c1-3-31-24(29)22-18(15-6-9-17(30-2)10-7-15)14-33-23(22)27-21(28)5-4-12-32-20-11-8-16(25)13-19(20)26/h6-11,13-14H,3-5,12H2,1-2H3,(H,27,28). The fourth-order valence-electron chi connectivity index (χ4n) is 3.04. The van der Waals surface area contributed by atoms with E-state index in [0.29, 0.717) is 50.7 Å². The van der Waals surface area contributed by atoms with E-state index in [2.05, 4.69) is 5.32 Å². The molecule has 0 bridgehead atoms. The number of hydrogen-bond acceptors (Lipinski definition) is 6. The first-order chi connectivity index (χ1) is 15.9. The molecule has 0 aliphatic heterocycles. The zero-order chi connectivity index (χ0) is 23.8. The Bertz CT molecular complexity index is 1110. The molecular formula is C24H23Cl2NO5S. The van der Waals surface area contributed by atoms with Crippen molar-refractivity contribution in [1.82, 2.24) is 0 Å². The zero-order valence-electron chi connectivity index (χ0n) is 18.2. The van der Waals surface area contributed by atoms with E-state index in [4.69, 9.17) is 37.4 Å². The average molecular weight is 508 g/mol.